The first-order valence-electron chi connectivity index (χ1n) is 7.12. The number of nitrogens with zero attached hydrogens (tertiary/aromatic N) is 1. The normalized spacial score (nSPS) is 10.9. The molecular formula is C17H14Cl2N2O2S. The number of anilines is 1. The van der Waals surface area contributed by atoms with E-state index in [1.807, 2.05) is 26.0 Å². The summed E-state index contributed by atoms with van der Waals surface area (Å²) in [5.74, 6) is -0.164. The molecule has 1 N–H and O–H groups in total. The second-order valence-corrected chi connectivity index (χ2v) is 7.11. The number of methoxy groups -OCH3 is 1. The maximum absolute atomic E-state index is 12.6. The van der Waals surface area contributed by atoms with Crippen LogP contribution in [0.4, 0.5) is 5.13 Å². The first-order chi connectivity index (χ1) is 11.4. The van der Waals surface area contributed by atoms with E-state index in [0.29, 0.717) is 10.2 Å². The third kappa shape index (κ3) is 2.95. The van der Waals surface area contributed by atoms with E-state index >= 15 is 0 Å². The summed E-state index contributed by atoms with van der Waals surface area (Å²) in [5.41, 5.74) is 3.34. The third-order valence-electron chi connectivity index (χ3n) is 3.80. The van der Waals surface area contributed by atoms with Gasteiger partial charge in [-0.05, 0) is 43.2 Å². The molecule has 0 fully saturated rings. The highest BCUT2D eigenvalue weighted by molar-refractivity contribution is 7.22. The Labute approximate surface area is 153 Å². The van der Waals surface area contributed by atoms with Crippen LogP contribution in [0.1, 0.15) is 21.5 Å². The highest BCUT2D eigenvalue weighted by Gasteiger charge is 2.21. The summed E-state index contributed by atoms with van der Waals surface area (Å²) in [6, 6.07) is 7.19. The number of carbonyl (C=O) groups excluding carboxylic acids is 1. The molecule has 124 valence electrons. The van der Waals surface area contributed by atoms with Crippen molar-refractivity contribution in [2.24, 2.45) is 0 Å². The average Bonchev–Trinajstić information content (AvgIpc) is 2.96. The highest BCUT2D eigenvalue weighted by Crippen LogP contribution is 2.35. The van der Waals surface area contributed by atoms with Gasteiger partial charge in [0, 0.05) is 0 Å². The third-order valence-corrected chi connectivity index (χ3v) is 5.34. The lowest BCUT2D eigenvalue weighted by Crippen LogP contribution is -2.14. The first kappa shape index (κ1) is 17.0. The summed E-state index contributed by atoms with van der Waals surface area (Å²) >= 11 is 13.6. The molecule has 0 saturated heterocycles. The number of hydrogen-bond donors (Lipinski definition) is 1. The van der Waals surface area contributed by atoms with E-state index < -0.39 is 5.91 Å². The lowest BCUT2D eigenvalue weighted by molar-refractivity contribution is 0.102. The van der Waals surface area contributed by atoms with Gasteiger partial charge in [0.15, 0.2) is 10.9 Å². The predicted molar refractivity (Wildman–Crippen MR) is 100 cm³/mol. The van der Waals surface area contributed by atoms with E-state index in [1.54, 1.807) is 12.1 Å². The second kappa shape index (κ2) is 6.59. The zero-order valence-corrected chi connectivity index (χ0v) is 15.6. The van der Waals surface area contributed by atoms with Gasteiger partial charge in [0.2, 0.25) is 0 Å². The summed E-state index contributed by atoms with van der Waals surface area (Å²) in [6.45, 7) is 4.04. The number of hydrogen-bond acceptors (Lipinski definition) is 4. The smallest absolute Gasteiger partial charge is 0.262 e. The van der Waals surface area contributed by atoms with Gasteiger partial charge in [-0.3, -0.25) is 10.1 Å². The van der Waals surface area contributed by atoms with Crippen LogP contribution in [-0.4, -0.2) is 18.0 Å². The number of aromatic nitrogens is 1. The van der Waals surface area contributed by atoms with E-state index in [2.05, 4.69) is 10.3 Å². The SMILES string of the molecule is COc1c(Cl)ccc(Cl)c1C(=O)Nc1nc2c(C)c(C)ccc2s1. The Bertz CT molecular complexity index is 953. The predicted octanol–water partition coefficient (Wildman–Crippen LogP) is 5.48. The van der Waals surface area contributed by atoms with Gasteiger partial charge in [-0.1, -0.05) is 40.6 Å². The molecule has 0 aliphatic rings. The molecule has 0 aliphatic carbocycles. The molecule has 0 atom stereocenters. The molecule has 3 aromatic rings. The van der Waals surface area contributed by atoms with Crippen LogP contribution in [0.3, 0.4) is 0 Å². The lowest BCUT2D eigenvalue weighted by Gasteiger charge is -2.11. The van der Waals surface area contributed by atoms with Gasteiger partial charge in [0.25, 0.3) is 5.91 Å². The van der Waals surface area contributed by atoms with Crippen LogP contribution in [0.15, 0.2) is 24.3 Å². The van der Waals surface area contributed by atoms with Crippen LogP contribution in [0, 0.1) is 13.8 Å². The fraction of sp³-hybridized carbons (Fsp3) is 0.176. The zero-order valence-electron chi connectivity index (χ0n) is 13.2. The number of benzene rings is 2. The van der Waals surface area contributed by atoms with Crippen LogP contribution in [0.2, 0.25) is 10.0 Å². The molecule has 0 saturated carbocycles. The van der Waals surface area contributed by atoms with E-state index in [1.165, 1.54) is 18.4 Å². The summed E-state index contributed by atoms with van der Waals surface area (Å²) in [4.78, 5) is 17.1. The number of carbonyl (C=O) groups is 1. The van der Waals surface area contributed by atoms with Crippen molar-refractivity contribution in [3.63, 3.8) is 0 Å². The Hall–Kier alpha value is -1.82. The Morgan fingerprint density at radius 2 is 1.88 bits per heavy atom. The monoisotopic (exact) mass is 380 g/mol. The van der Waals surface area contributed by atoms with Crippen molar-refractivity contribution in [1.82, 2.24) is 4.98 Å². The van der Waals surface area contributed by atoms with Crippen molar-refractivity contribution in [3.8, 4) is 5.75 Å². The number of nitrogens with one attached hydrogen (secondary N) is 1. The van der Waals surface area contributed by atoms with Crippen molar-refractivity contribution in [1.29, 1.82) is 0 Å². The number of halogens is 2. The number of aryl methyl sites for hydroxylation is 2. The molecule has 2 aromatic carbocycles. The van der Waals surface area contributed by atoms with Gasteiger partial charge in [-0.25, -0.2) is 4.98 Å². The molecule has 3 rings (SSSR count). The molecule has 4 nitrogen and oxygen atoms in total. The fourth-order valence-electron chi connectivity index (χ4n) is 2.38. The highest BCUT2D eigenvalue weighted by atomic mass is 35.5. The molecule has 1 heterocycles. The molecular weight excluding hydrogens is 367 g/mol. The topological polar surface area (TPSA) is 51.2 Å². The molecule has 1 aromatic heterocycles. The minimum atomic E-state index is -0.409. The fourth-order valence-corrected chi connectivity index (χ4v) is 3.77. The van der Waals surface area contributed by atoms with E-state index in [-0.39, 0.29) is 16.3 Å². The summed E-state index contributed by atoms with van der Waals surface area (Å²) in [7, 11) is 1.44. The quantitative estimate of drug-likeness (QED) is 0.654. The van der Waals surface area contributed by atoms with E-state index in [0.717, 1.165) is 21.3 Å². The molecule has 0 spiro atoms. The van der Waals surface area contributed by atoms with Crippen LogP contribution in [0.25, 0.3) is 10.2 Å². The van der Waals surface area contributed by atoms with Crippen molar-refractivity contribution in [2.75, 3.05) is 12.4 Å². The van der Waals surface area contributed by atoms with Crippen LogP contribution in [0.5, 0.6) is 5.75 Å². The molecule has 0 bridgehead atoms. The molecule has 0 aliphatic heterocycles. The van der Waals surface area contributed by atoms with Crippen LogP contribution >= 0.6 is 34.5 Å². The largest absolute Gasteiger partial charge is 0.494 e. The Morgan fingerprint density at radius 3 is 2.58 bits per heavy atom. The Balaban J connectivity index is 1.99. The van der Waals surface area contributed by atoms with Crippen molar-refractivity contribution in [3.05, 3.63) is 51.0 Å². The molecule has 7 heteroatoms. The maximum Gasteiger partial charge on any atom is 0.262 e. The van der Waals surface area contributed by atoms with E-state index in [9.17, 15) is 4.79 Å². The van der Waals surface area contributed by atoms with Crippen molar-refractivity contribution < 1.29 is 9.53 Å². The van der Waals surface area contributed by atoms with Gasteiger partial charge >= 0.3 is 0 Å². The number of rotatable bonds is 3. The minimum absolute atomic E-state index is 0.193. The van der Waals surface area contributed by atoms with Gasteiger partial charge in [0.1, 0.15) is 5.56 Å². The minimum Gasteiger partial charge on any atom is -0.494 e. The number of thiazole rings is 1. The van der Waals surface area contributed by atoms with Gasteiger partial charge < -0.3 is 4.74 Å². The zero-order chi connectivity index (χ0) is 17.4. The van der Waals surface area contributed by atoms with Gasteiger partial charge in [-0.2, -0.15) is 0 Å². The molecule has 0 unspecified atom stereocenters. The van der Waals surface area contributed by atoms with Crippen molar-refractivity contribution in [2.45, 2.75) is 13.8 Å². The van der Waals surface area contributed by atoms with Crippen molar-refractivity contribution >= 4 is 55.8 Å². The second-order valence-electron chi connectivity index (χ2n) is 5.26. The summed E-state index contributed by atoms with van der Waals surface area (Å²) in [5, 5.41) is 3.87. The number of ether oxygens (including phenoxy) is 1. The van der Waals surface area contributed by atoms with Gasteiger partial charge in [-0.15, -0.1) is 0 Å². The molecule has 24 heavy (non-hydrogen) atoms. The van der Waals surface area contributed by atoms with E-state index in [4.69, 9.17) is 27.9 Å². The number of fused-ring (bicyclic) bond motifs is 1. The molecule has 0 radical (unpaired) electrons. The Morgan fingerprint density at radius 1 is 1.17 bits per heavy atom. The average molecular weight is 381 g/mol. The summed E-state index contributed by atoms with van der Waals surface area (Å²) in [6.07, 6.45) is 0. The first-order valence-corrected chi connectivity index (χ1v) is 8.69. The van der Waals surface area contributed by atoms with Gasteiger partial charge in [0.05, 0.1) is 27.4 Å². The van der Waals surface area contributed by atoms with Crippen LogP contribution < -0.4 is 10.1 Å². The molecule has 1 amide bonds. The standard InChI is InChI=1S/C17H14Cl2N2O2S/c1-8-4-7-12-14(9(8)2)20-17(24-12)21-16(22)13-10(18)5-6-11(19)15(13)23-3/h4-7H,1-3H3,(H,20,21,22). The summed E-state index contributed by atoms with van der Waals surface area (Å²) < 4.78 is 6.23. The lowest BCUT2D eigenvalue weighted by atomic mass is 10.1. The Kier molecular flexibility index (Phi) is 4.67. The number of amides is 1. The maximum atomic E-state index is 12.6. The van der Waals surface area contributed by atoms with Crippen LogP contribution in [-0.2, 0) is 0 Å².